The number of halogens is 1. The standard InChI is InChI=1S/C14H9ClN2O3S/c15-9-3-5-10(6-4-9)17-12(18)8-21-14(16-17)13(19)11-2-1-7-20-11/h1-7H,8H2. The van der Waals surface area contributed by atoms with E-state index < -0.39 is 0 Å². The van der Waals surface area contributed by atoms with Gasteiger partial charge in [0, 0.05) is 5.02 Å². The summed E-state index contributed by atoms with van der Waals surface area (Å²) in [6.45, 7) is 0. The summed E-state index contributed by atoms with van der Waals surface area (Å²) in [5.74, 6) is -0.185. The van der Waals surface area contributed by atoms with Crippen molar-refractivity contribution in [2.24, 2.45) is 5.10 Å². The van der Waals surface area contributed by atoms with E-state index in [1.165, 1.54) is 11.3 Å². The van der Waals surface area contributed by atoms with Gasteiger partial charge in [0.15, 0.2) is 10.8 Å². The van der Waals surface area contributed by atoms with E-state index in [0.29, 0.717) is 10.7 Å². The first-order chi connectivity index (χ1) is 10.1. The van der Waals surface area contributed by atoms with Crippen molar-refractivity contribution in [1.82, 2.24) is 0 Å². The maximum atomic E-state index is 12.2. The number of hydrogen-bond donors (Lipinski definition) is 0. The lowest BCUT2D eigenvalue weighted by Gasteiger charge is -2.22. The highest BCUT2D eigenvalue weighted by Gasteiger charge is 2.28. The van der Waals surface area contributed by atoms with Gasteiger partial charge in [0.2, 0.25) is 0 Å². The molecule has 0 saturated heterocycles. The fraction of sp³-hybridized carbons (Fsp3) is 0.0714. The Balaban J connectivity index is 1.93. The Kier molecular flexibility index (Phi) is 3.81. The van der Waals surface area contributed by atoms with Crippen molar-refractivity contribution in [1.29, 1.82) is 0 Å². The first-order valence-electron chi connectivity index (χ1n) is 6.03. The van der Waals surface area contributed by atoms with Crippen molar-refractivity contribution in [2.75, 3.05) is 10.8 Å². The molecule has 1 aliphatic rings. The Bertz CT molecular complexity index is 710. The summed E-state index contributed by atoms with van der Waals surface area (Å²) in [5.41, 5.74) is 0.564. The summed E-state index contributed by atoms with van der Waals surface area (Å²) in [5, 5.41) is 6.13. The molecule has 0 radical (unpaired) electrons. The lowest BCUT2D eigenvalue weighted by atomic mass is 10.3. The van der Waals surface area contributed by atoms with E-state index in [1.807, 2.05) is 0 Å². The van der Waals surface area contributed by atoms with Crippen molar-refractivity contribution < 1.29 is 14.0 Å². The topological polar surface area (TPSA) is 62.9 Å². The number of carbonyl (C=O) groups excluding carboxylic acids is 2. The number of anilines is 1. The Hall–Kier alpha value is -2.05. The van der Waals surface area contributed by atoms with Crippen molar-refractivity contribution in [3.8, 4) is 0 Å². The van der Waals surface area contributed by atoms with Gasteiger partial charge < -0.3 is 4.42 Å². The quantitative estimate of drug-likeness (QED) is 0.815. The molecule has 3 rings (SSSR count). The molecular weight excluding hydrogens is 312 g/mol. The normalized spacial score (nSPS) is 15.0. The second kappa shape index (κ2) is 5.75. The molecule has 21 heavy (non-hydrogen) atoms. The molecule has 1 amide bonds. The second-order valence-electron chi connectivity index (χ2n) is 4.18. The fourth-order valence-corrected chi connectivity index (χ4v) is 2.65. The van der Waals surface area contributed by atoms with Gasteiger partial charge in [0.25, 0.3) is 11.7 Å². The average Bonchev–Trinajstić information content (AvgIpc) is 3.02. The van der Waals surface area contributed by atoms with E-state index in [9.17, 15) is 9.59 Å². The molecule has 0 N–H and O–H groups in total. The Morgan fingerprint density at radius 3 is 2.71 bits per heavy atom. The van der Waals surface area contributed by atoms with Crippen LogP contribution in [0.1, 0.15) is 10.6 Å². The Labute approximate surface area is 129 Å². The predicted molar refractivity (Wildman–Crippen MR) is 81.9 cm³/mol. The van der Waals surface area contributed by atoms with Crippen LogP contribution in [0.2, 0.25) is 5.02 Å². The highest BCUT2D eigenvalue weighted by molar-refractivity contribution is 8.16. The Morgan fingerprint density at radius 1 is 1.29 bits per heavy atom. The van der Waals surface area contributed by atoms with Crippen LogP contribution >= 0.6 is 23.4 Å². The molecular formula is C14H9ClN2O3S. The third-order valence-corrected chi connectivity index (χ3v) is 3.95. The summed E-state index contributed by atoms with van der Waals surface area (Å²) in [6.07, 6.45) is 1.42. The number of rotatable bonds is 3. The van der Waals surface area contributed by atoms with Gasteiger partial charge >= 0.3 is 0 Å². The maximum Gasteiger partial charge on any atom is 0.257 e. The molecule has 1 aliphatic heterocycles. The zero-order chi connectivity index (χ0) is 14.8. The lowest BCUT2D eigenvalue weighted by molar-refractivity contribution is -0.116. The van der Waals surface area contributed by atoms with Gasteiger partial charge in [0.1, 0.15) is 0 Å². The summed E-state index contributed by atoms with van der Waals surface area (Å²) in [6, 6.07) is 9.87. The number of benzene rings is 1. The number of furan rings is 1. The second-order valence-corrected chi connectivity index (χ2v) is 5.58. The van der Waals surface area contributed by atoms with Crippen molar-refractivity contribution >= 4 is 45.8 Å². The molecule has 2 heterocycles. The van der Waals surface area contributed by atoms with Crippen LogP contribution < -0.4 is 5.01 Å². The van der Waals surface area contributed by atoms with Crippen LogP contribution in [0.4, 0.5) is 5.69 Å². The highest BCUT2D eigenvalue weighted by Crippen LogP contribution is 2.25. The third-order valence-electron chi connectivity index (χ3n) is 2.77. The van der Waals surface area contributed by atoms with Crippen LogP contribution in [0.3, 0.4) is 0 Å². The zero-order valence-corrected chi connectivity index (χ0v) is 12.2. The van der Waals surface area contributed by atoms with E-state index in [-0.39, 0.29) is 28.2 Å². The average molecular weight is 321 g/mol. The summed E-state index contributed by atoms with van der Waals surface area (Å²) < 4.78 is 5.07. The van der Waals surface area contributed by atoms with E-state index in [1.54, 1.807) is 36.4 Å². The number of nitrogens with zero attached hydrogens (tertiary/aromatic N) is 2. The predicted octanol–water partition coefficient (Wildman–Crippen LogP) is 3.21. The number of carbonyl (C=O) groups is 2. The molecule has 1 aromatic carbocycles. The van der Waals surface area contributed by atoms with E-state index in [2.05, 4.69) is 5.10 Å². The van der Waals surface area contributed by atoms with Crippen LogP contribution in [0.25, 0.3) is 0 Å². The van der Waals surface area contributed by atoms with Crippen LogP contribution in [0.5, 0.6) is 0 Å². The molecule has 2 aromatic rings. The molecule has 0 spiro atoms. The van der Waals surface area contributed by atoms with Crippen LogP contribution in [-0.2, 0) is 4.79 Å². The molecule has 0 fully saturated rings. The lowest BCUT2D eigenvalue weighted by Crippen LogP contribution is -2.34. The van der Waals surface area contributed by atoms with Gasteiger partial charge in [-0.05, 0) is 36.4 Å². The molecule has 1 aromatic heterocycles. The van der Waals surface area contributed by atoms with Crippen LogP contribution in [0, 0.1) is 0 Å². The van der Waals surface area contributed by atoms with Gasteiger partial charge in [-0.3, -0.25) is 9.59 Å². The minimum atomic E-state index is -0.337. The first kappa shape index (κ1) is 13.9. The van der Waals surface area contributed by atoms with E-state index >= 15 is 0 Å². The molecule has 0 atom stereocenters. The molecule has 106 valence electrons. The maximum absolute atomic E-state index is 12.2. The summed E-state index contributed by atoms with van der Waals surface area (Å²) >= 11 is 6.93. The van der Waals surface area contributed by atoms with Gasteiger partial charge in [-0.25, -0.2) is 0 Å². The van der Waals surface area contributed by atoms with Gasteiger partial charge in [-0.1, -0.05) is 23.4 Å². The number of Topliss-reactive ketones (excluding diaryl/α,β-unsaturated/α-hetero) is 1. The summed E-state index contributed by atoms with van der Waals surface area (Å²) in [4.78, 5) is 24.2. The molecule has 0 bridgehead atoms. The molecule has 0 unspecified atom stereocenters. The molecule has 0 saturated carbocycles. The monoisotopic (exact) mass is 320 g/mol. The third kappa shape index (κ3) is 2.86. The highest BCUT2D eigenvalue weighted by atomic mass is 35.5. The number of amides is 1. The van der Waals surface area contributed by atoms with Gasteiger partial charge in [0.05, 0.1) is 17.7 Å². The van der Waals surface area contributed by atoms with Crippen molar-refractivity contribution in [3.63, 3.8) is 0 Å². The van der Waals surface area contributed by atoms with Crippen LogP contribution in [0.15, 0.2) is 52.2 Å². The van der Waals surface area contributed by atoms with Crippen molar-refractivity contribution in [2.45, 2.75) is 0 Å². The fourth-order valence-electron chi connectivity index (χ4n) is 1.77. The van der Waals surface area contributed by atoms with Gasteiger partial charge in [-0.2, -0.15) is 10.1 Å². The van der Waals surface area contributed by atoms with Gasteiger partial charge in [-0.15, -0.1) is 0 Å². The minimum absolute atomic E-state index is 0.147. The van der Waals surface area contributed by atoms with E-state index in [0.717, 1.165) is 11.8 Å². The zero-order valence-electron chi connectivity index (χ0n) is 10.7. The number of ketones is 1. The molecule has 5 nitrogen and oxygen atoms in total. The van der Waals surface area contributed by atoms with E-state index in [4.69, 9.17) is 16.0 Å². The minimum Gasteiger partial charge on any atom is -0.461 e. The molecule has 0 aliphatic carbocycles. The number of hydrogen-bond acceptors (Lipinski definition) is 5. The SMILES string of the molecule is O=C(C1=NN(c2ccc(Cl)cc2)C(=O)CS1)c1ccco1. The number of hydrazone groups is 1. The first-order valence-corrected chi connectivity index (χ1v) is 7.39. The summed E-state index contributed by atoms with van der Waals surface area (Å²) in [7, 11) is 0. The molecule has 7 heteroatoms. The van der Waals surface area contributed by atoms with Crippen LogP contribution in [-0.4, -0.2) is 22.5 Å². The number of thioether (sulfide) groups is 1. The largest absolute Gasteiger partial charge is 0.461 e. The Morgan fingerprint density at radius 2 is 2.05 bits per heavy atom. The smallest absolute Gasteiger partial charge is 0.257 e. The van der Waals surface area contributed by atoms with Crippen molar-refractivity contribution in [3.05, 3.63) is 53.4 Å².